The lowest BCUT2D eigenvalue weighted by Gasteiger charge is -2.33. The average molecular weight is 344 g/mol. The van der Waals surface area contributed by atoms with Crippen LogP contribution in [0.1, 0.15) is 48.0 Å². The molecular formula is C22H20N2O2. The summed E-state index contributed by atoms with van der Waals surface area (Å²) in [6, 6.07) is 15.8. The third-order valence-electron chi connectivity index (χ3n) is 5.88. The van der Waals surface area contributed by atoms with Crippen molar-refractivity contribution >= 4 is 5.78 Å². The van der Waals surface area contributed by atoms with Crippen molar-refractivity contribution in [2.75, 3.05) is 0 Å². The first-order valence-electron chi connectivity index (χ1n) is 9.28. The SMILES string of the molecule is O=C1CC2(CCCC2)Cc2ccc(-c3nc(-c4ccccc4)no3)cc21. The molecular weight excluding hydrogens is 324 g/mol. The molecule has 2 aliphatic carbocycles. The molecule has 1 saturated carbocycles. The molecule has 2 aliphatic rings. The molecule has 0 unspecified atom stereocenters. The van der Waals surface area contributed by atoms with Crippen molar-refractivity contribution in [3.63, 3.8) is 0 Å². The highest BCUT2D eigenvalue weighted by atomic mass is 16.5. The van der Waals surface area contributed by atoms with E-state index in [-0.39, 0.29) is 11.2 Å². The standard InChI is InChI=1S/C22H20N2O2/c25-19-14-22(10-4-5-11-22)13-17-9-8-16(12-18(17)19)21-23-20(24-26-21)15-6-2-1-3-7-15/h1-3,6-9,12H,4-5,10-11,13-14H2. The fraction of sp³-hybridized carbons (Fsp3) is 0.318. The van der Waals surface area contributed by atoms with E-state index in [1.807, 2.05) is 42.5 Å². The number of carbonyl (C=O) groups is 1. The molecule has 3 aromatic rings. The van der Waals surface area contributed by atoms with Crippen molar-refractivity contribution < 1.29 is 9.32 Å². The van der Waals surface area contributed by atoms with E-state index in [2.05, 4.69) is 16.2 Å². The molecule has 0 bridgehead atoms. The maximum atomic E-state index is 12.8. The molecule has 4 heteroatoms. The molecule has 0 radical (unpaired) electrons. The first-order chi connectivity index (χ1) is 12.7. The van der Waals surface area contributed by atoms with Gasteiger partial charge in [-0.3, -0.25) is 4.79 Å². The number of fused-ring (bicyclic) bond motifs is 1. The maximum Gasteiger partial charge on any atom is 0.258 e. The normalized spacial score (nSPS) is 18.2. The van der Waals surface area contributed by atoms with Crippen LogP contribution >= 0.6 is 0 Å². The number of carbonyl (C=O) groups excluding carboxylic acids is 1. The number of aromatic nitrogens is 2. The minimum atomic E-state index is 0.219. The van der Waals surface area contributed by atoms with Crippen LogP contribution in [0.4, 0.5) is 0 Å². The zero-order valence-corrected chi connectivity index (χ0v) is 14.6. The summed E-state index contributed by atoms with van der Waals surface area (Å²) >= 11 is 0. The van der Waals surface area contributed by atoms with Gasteiger partial charge in [0.05, 0.1) is 0 Å². The molecule has 130 valence electrons. The molecule has 1 fully saturated rings. The van der Waals surface area contributed by atoms with E-state index in [4.69, 9.17) is 4.52 Å². The van der Waals surface area contributed by atoms with Gasteiger partial charge < -0.3 is 4.52 Å². The fourth-order valence-corrected chi connectivity index (χ4v) is 4.55. The van der Waals surface area contributed by atoms with Gasteiger partial charge in [-0.05, 0) is 42.4 Å². The van der Waals surface area contributed by atoms with Gasteiger partial charge in [0, 0.05) is 23.1 Å². The second-order valence-electron chi connectivity index (χ2n) is 7.64. The van der Waals surface area contributed by atoms with E-state index in [0.29, 0.717) is 18.1 Å². The summed E-state index contributed by atoms with van der Waals surface area (Å²) in [5, 5.41) is 4.08. The highest BCUT2D eigenvalue weighted by Gasteiger charge is 2.40. The lowest BCUT2D eigenvalue weighted by molar-refractivity contribution is 0.0888. The predicted molar refractivity (Wildman–Crippen MR) is 98.7 cm³/mol. The van der Waals surface area contributed by atoms with Gasteiger partial charge >= 0.3 is 0 Å². The minimum Gasteiger partial charge on any atom is -0.334 e. The molecule has 0 aliphatic heterocycles. The van der Waals surface area contributed by atoms with Gasteiger partial charge in [0.15, 0.2) is 5.78 Å². The van der Waals surface area contributed by atoms with Crippen LogP contribution in [-0.4, -0.2) is 15.9 Å². The quantitative estimate of drug-likeness (QED) is 0.649. The first-order valence-corrected chi connectivity index (χ1v) is 9.28. The van der Waals surface area contributed by atoms with Crippen molar-refractivity contribution in [3.05, 3.63) is 59.7 Å². The Morgan fingerprint density at radius 3 is 2.54 bits per heavy atom. The number of hydrogen-bond donors (Lipinski definition) is 0. The number of rotatable bonds is 2. The fourth-order valence-electron chi connectivity index (χ4n) is 4.55. The zero-order valence-electron chi connectivity index (χ0n) is 14.6. The molecule has 2 aromatic carbocycles. The van der Waals surface area contributed by atoms with Crippen molar-refractivity contribution in [1.82, 2.24) is 10.1 Å². The topological polar surface area (TPSA) is 56.0 Å². The van der Waals surface area contributed by atoms with Crippen molar-refractivity contribution in [1.29, 1.82) is 0 Å². The zero-order chi connectivity index (χ0) is 17.6. The van der Waals surface area contributed by atoms with E-state index in [9.17, 15) is 4.79 Å². The Bertz CT molecular complexity index is 969. The summed E-state index contributed by atoms with van der Waals surface area (Å²) in [7, 11) is 0. The van der Waals surface area contributed by atoms with Crippen LogP contribution in [0, 0.1) is 5.41 Å². The average Bonchev–Trinajstić information content (AvgIpc) is 3.32. The van der Waals surface area contributed by atoms with Crippen molar-refractivity contribution in [3.8, 4) is 22.8 Å². The van der Waals surface area contributed by atoms with Crippen LogP contribution < -0.4 is 0 Å². The van der Waals surface area contributed by atoms with E-state index in [1.54, 1.807) is 0 Å². The Morgan fingerprint density at radius 1 is 0.923 bits per heavy atom. The predicted octanol–water partition coefficient (Wildman–Crippen LogP) is 5.09. The Labute approximate surface area is 152 Å². The first kappa shape index (κ1) is 15.5. The summed E-state index contributed by atoms with van der Waals surface area (Å²) in [6.07, 6.45) is 6.58. The summed E-state index contributed by atoms with van der Waals surface area (Å²) in [5.74, 6) is 1.29. The van der Waals surface area contributed by atoms with Crippen LogP contribution in [0.5, 0.6) is 0 Å². The number of nitrogens with zero attached hydrogens (tertiary/aromatic N) is 2. The van der Waals surface area contributed by atoms with Gasteiger partial charge in [-0.1, -0.05) is 54.4 Å². The lowest BCUT2D eigenvalue weighted by Crippen LogP contribution is -2.29. The Hall–Kier alpha value is -2.75. The Morgan fingerprint density at radius 2 is 1.73 bits per heavy atom. The number of benzene rings is 2. The monoisotopic (exact) mass is 344 g/mol. The van der Waals surface area contributed by atoms with Crippen LogP contribution in [0.15, 0.2) is 53.1 Å². The van der Waals surface area contributed by atoms with Gasteiger partial charge in [0.2, 0.25) is 5.82 Å². The molecule has 1 heterocycles. The van der Waals surface area contributed by atoms with Crippen LogP contribution in [0.25, 0.3) is 22.8 Å². The van der Waals surface area contributed by atoms with E-state index in [1.165, 1.54) is 31.2 Å². The largest absolute Gasteiger partial charge is 0.334 e. The molecule has 26 heavy (non-hydrogen) atoms. The molecule has 4 nitrogen and oxygen atoms in total. The van der Waals surface area contributed by atoms with Gasteiger partial charge in [0.25, 0.3) is 5.89 Å². The van der Waals surface area contributed by atoms with Gasteiger partial charge in [-0.2, -0.15) is 4.98 Å². The summed E-state index contributed by atoms with van der Waals surface area (Å²) in [4.78, 5) is 17.3. The molecule has 0 amide bonds. The van der Waals surface area contributed by atoms with Crippen LogP contribution in [0.3, 0.4) is 0 Å². The number of hydrogen-bond acceptors (Lipinski definition) is 4. The highest BCUT2D eigenvalue weighted by Crippen LogP contribution is 2.48. The number of Topliss-reactive ketones (excluding diaryl/α,β-unsaturated/α-hetero) is 1. The Kier molecular flexibility index (Phi) is 3.52. The third-order valence-corrected chi connectivity index (χ3v) is 5.88. The molecule has 1 spiro atoms. The summed E-state index contributed by atoms with van der Waals surface area (Å²) in [5.41, 5.74) is 3.96. The highest BCUT2D eigenvalue weighted by molar-refractivity contribution is 6.00. The van der Waals surface area contributed by atoms with Gasteiger partial charge in [-0.15, -0.1) is 0 Å². The second-order valence-corrected chi connectivity index (χ2v) is 7.64. The molecule has 0 N–H and O–H groups in total. The van der Waals surface area contributed by atoms with E-state index >= 15 is 0 Å². The molecule has 1 aromatic heterocycles. The lowest BCUT2D eigenvalue weighted by atomic mass is 9.70. The van der Waals surface area contributed by atoms with Gasteiger partial charge in [-0.25, -0.2) is 0 Å². The third kappa shape index (κ3) is 2.57. The Balaban J connectivity index is 1.48. The second kappa shape index (κ2) is 5.90. The molecule has 0 atom stereocenters. The smallest absolute Gasteiger partial charge is 0.258 e. The molecule has 5 rings (SSSR count). The van der Waals surface area contributed by atoms with Crippen molar-refractivity contribution in [2.24, 2.45) is 5.41 Å². The van der Waals surface area contributed by atoms with E-state index < -0.39 is 0 Å². The number of ketones is 1. The minimum absolute atomic E-state index is 0.219. The van der Waals surface area contributed by atoms with E-state index in [0.717, 1.165) is 23.1 Å². The summed E-state index contributed by atoms with van der Waals surface area (Å²) < 4.78 is 5.45. The summed E-state index contributed by atoms with van der Waals surface area (Å²) in [6.45, 7) is 0. The maximum absolute atomic E-state index is 12.8. The van der Waals surface area contributed by atoms with Gasteiger partial charge in [0.1, 0.15) is 0 Å². The van der Waals surface area contributed by atoms with Crippen LogP contribution in [-0.2, 0) is 6.42 Å². The van der Waals surface area contributed by atoms with Crippen molar-refractivity contribution in [2.45, 2.75) is 38.5 Å². The molecule has 0 saturated heterocycles. The van der Waals surface area contributed by atoms with Crippen LogP contribution in [0.2, 0.25) is 0 Å².